The molecule has 4 rings (SSSR count). The summed E-state index contributed by atoms with van der Waals surface area (Å²) in [5.74, 6) is -1.89. The molecule has 2 aliphatic rings. The zero-order chi connectivity index (χ0) is 31.8. The SMILES string of the molecule is C/C(CC(=O)[C@@H]1CCCCN1S(=O)(=O)c1ccc(F)cc1)=N\O.COC(=O)[C@@H]1CCCCN1S(=O)(=O)c1ccc(F)cc1. The topological polar surface area (TPSA) is 151 Å². The summed E-state index contributed by atoms with van der Waals surface area (Å²) in [5, 5.41) is 11.6. The molecule has 2 aromatic rings. The highest BCUT2D eigenvalue weighted by atomic mass is 32.2. The molecule has 2 atom stereocenters. The van der Waals surface area contributed by atoms with Crippen LogP contribution in [0.15, 0.2) is 63.5 Å². The third-order valence-corrected chi connectivity index (χ3v) is 11.0. The minimum Gasteiger partial charge on any atom is -0.468 e. The van der Waals surface area contributed by atoms with Crippen LogP contribution in [0.2, 0.25) is 0 Å². The van der Waals surface area contributed by atoms with Gasteiger partial charge < -0.3 is 9.94 Å². The Labute approximate surface area is 250 Å². The van der Waals surface area contributed by atoms with Gasteiger partial charge in [0.1, 0.15) is 17.7 Å². The first-order valence-electron chi connectivity index (χ1n) is 13.7. The molecule has 236 valence electrons. The number of hydrogen-bond donors (Lipinski definition) is 1. The van der Waals surface area contributed by atoms with Crippen LogP contribution in [0.4, 0.5) is 8.78 Å². The van der Waals surface area contributed by atoms with Crippen molar-refractivity contribution in [3.8, 4) is 0 Å². The van der Waals surface area contributed by atoms with Gasteiger partial charge in [-0.1, -0.05) is 11.6 Å². The number of sulfonamides is 2. The molecular formula is C28H35F2N3O8S2. The number of carbonyl (C=O) groups excluding carboxylic acids is 2. The van der Waals surface area contributed by atoms with Gasteiger partial charge in [0.25, 0.3) is 0 Å². The van der Waals surface area contributed by atoms with Gasteiger partial charge in [0, 0.05) is 19.5 Å². The van der Waals surface area contributed by atoms with Gasteiger partial charge in [-0.15, -0.1) is 0 Å². The van der Waals surface area contributed by atoms with Gasteiger partial charge in [0.05, 0.1) is 28.7 Å². The molecule has 0 aromatic heterocycles. The second-order valence-electron chi connectivity index (χ2n) is 10.2. The Bertz CT molecular complexity index is 1520. The van der Waals surface area contributed by atoms with Gasteiger partial charge in [-0.2, -0.15) is 8.61 Å². The van der Waals surface area contributed by atoms with Gasteiger partial charge in [0.15, 0.2) is 5.78 Å². The molecular weight excluding hydrogens is 608 g/mol. The van der Waals surface area contributed by atoms with Crippen LogP contribution in [0.1, 0.15) is 51.9 Å². The number of oxime groups is 1. The van der Waals surface area contributed by atoms with E-state index >= 15 is 0 Å². The lowest BCUT2D eigenvalue weighted by atomic mass is 9.98. The Balaban J connectivity index is 0.000000238. The number of esters is 1. The molecule has 0 aliphatic carbocycles. The zero-order valence-electron chi connectivity index (χ0n) is 23.9. The number of nitrogens with zero attached hydrogens (tertiary/aromatic N) is 3. The largest absolute Gasteiger partial charge is 0.468 e. The number of ketones is 1. The number of rotatable bonds is 8. The molecule has 0 bridgehead atoms. The number of methoxy groups -OCH3 is 1. The molecule has 2 aromatic carbocycles. The molecule has 0 unspecified atom stereocenters. The smallest absolute Gasteiger partial charge is 0.324 e. The predicted octanol–water partition coefficient (Wildman–Crippen LogP) is 3.72. The van der Waals surface area contributed by atoms with Crippen molar-refractivity contribution in [1.82, 2.24) is 8.61 Å². The second-order valence-corrected chi connectivity index (χ2v) is 13.9. The van der Waals surface area contributed by atoms with E-state index in [-0.39, 0.29) is 40.8 Å². The molecule has 11 nitrogen and oxygen atoms in total. The van der Waals surface area contributed by atoms with Crippen LogP contribution >= 0.6 is 0 Å². The van der Waals surface area contributed by atoms with Crippen LogP contribution in [0.5, 0.6) is 0 Å². The molecule has 0 saturated carbocycles. The first kappa shape index (κ1) is 34.2. The third kappa shape index (κ3) is 8.43. The number of hydrogen-bond acceptors (Lipinski definition) is 9. The summed E-state index contributed by atoms with van der Waals surface area (Å²) in [6.07, 6.45) is 3.64. The van der Waals surface area contributed by atoms with Gasteiger partial charge in [0.2, 0.25) is 20.0 Å². The monoisotopic (exact) mass is 643 g/mol. The van der Waals surface area contributed by atoms with Crippen molar-refractivity contribution in [3.63, 3.8) is 0 Å². The maximum absolute atomic E-state index is 13.0. The Hall–Kier alpha value is -3.27. The molecule has 15 heteroatoms. The summed E-state index contributed by atoms with van der Waals surface area (Å²) < 4.78 is 83.4. The minimum absolute atomic E-state index is 0.0188. The molecule has 2 fully saturated rings. The average molecular weight is 644 g/mol. The number of piperidine rings is 2. The summed E-state index contributed by atoms with van der Waals surface area (Å²) in [5.41, 5.74) is 0.236. The number of carbonyl (C=O) groups is 2. The number of halogens is 2. The Morgan fingerprint density at radius 1 is 0.814 bits per heavy atom. The molecule has 2 aliphatic heterocycles. The summed E-state index contributed by atoms with van der Waals surface area (Å²) in [6.45, 7) is 2.00. The van der Waals surface area contributed by atoms with Crippen LogP contribution in [0.3, 0.4) is 0 Å². The first-order chi connectivity index (χ1) is 20.3. The highest BCUT2D eigenvalue weighted by Crippen LogP contribution is 2.28. The normalized spacial score (nSPS) is 20.5. The van der Waals surface area contributed by atoms with Crippen molar-refractivity contribution in [2.75, 3.05) is 20.2 Å². The van der Waals surface area contributed by atoms with Gasteiger partial charge in [-0.05, 0) is 87.6 Å². The van der Waals surface area contributed by atoms with Crippen molar-refractivity contribution in [2.45, 2.75) is 73.7 Å². The number of Topliss-reactive ketones (excluding diaryl/α,β-unsaturated/α-hetero) is 1. The molecule has 0 amide bonds. The van der Waals surface area contributed by atoms with Crippen molar-refractivity contribution in [1.29, 1.82) is 0 Å². The maximum Gasteiger partial charge on any atom is 0.324 e. The van der Waals surface area contributed by atoms with Crippen molar-refractivity contribution in [3.05, 3.63) is 60.2 Å². The minimum atomic E-state index is -3.87. The first-order valence-corrected chi connectivity index (χ1v) is 16.5. The Kier molecular flexibility index (Phi) is 11.9. The van der Waals surface area contributed by atoms with Gasteiger partial charge >= 0.3 is 5.97 Å². The zero-order valence-corrected chi connectivity index (χ0v) is 25.5. The molecule has 2 heterocycles. The number of ether oxygens (including phenoxy) is 1. The van der Waals surface area contributed by atoms with Gasteiger partial charge in [-0.3, -0.25) is 9.59 Å². The van der Waals surface area contributed by atoms with Crippen LogP contribution in [-0.4, -0.2) is 80.4 Å². The lowest BCUT2D eigenvalue weighted by Gasteiger charge is -2.33. The van der Waals surface area contributed by atoms with E-state index in [2.05, 4.69) is 9.89 Å². The third-order valence-electron chi connectivity index (χ3n) is 7.19. The van der Waals surface area contributed by atoms with E-state index in [9.17, 15) is 35.2 Å². The van der Waals surface area contributed by atoms with E-state index in [1.807, 2.05) is 0 Å². The van der Waals surface area contributed by atoms with Crippen LogP contribution in [0.25, 0.3) is 0 Å². The lowest BCUT2D eigenvalue weighted by molar-refractivity contribution is -0.146. The molecule has 1 N–H and O–H groups in total. The van der Waals surface area contributed by atoms with E-state index < -0.39 is 49.7 Å². The molecule has 43 heavy (non-hydrogen) atoms. The predicted molar refractivity (Wildman–Crippen MR) is 152 cm³/mol. The van der Waals surface area contributed by atoms with Crippen LogP contribution < -0.4 is 0 Å². The van der Waals surface area contributed by atoms with Crippen molar-refractivity contribution < 1.29 is 45.1 Å². The highest BCUT2D eigenvalue weighted by Gasteiger charge is 2.39. The standard InChI is InChI=1S/C15H19FN2O4S.C13H16FNO4S/c1-11(17-20)10-15(19)14-4-2-3-9-18(14)23(21,22)13-7-5-12(16)6-8-13;1-19-13(16)12-4-2-3-9-15(12)20(17,18)11-7-5-10(14)6-8-11/h5-8,14,20H,2-4,9-10H2,1H3;5-8,12H,2-4,9H2,1H3/b17-11+;/t14-;12-/m00/s1. The highest BCUT2D eigenvalue weighted by molar-refractivity contribution is 7.89. The summed E-state index contributed by atoms with van der Waals surface area (Å²) in [6, 6.07) is 7.55. The van der Waals surface area contributed by atoms with E-state index in [1.54, 1.807) is 0 Å². The van der Waals surface area contributed by atoms with Crippen molar-refractivity contribution in [2.24, 2.45) is 5.16 Å². The fourth-order valence-electron chi connectivity index (χ4n) is 4.97. The van der Waals surface area contributed by atoms with Crippen LogP contribution in [0, 0.1) is 11.6 Å². The summed E-state index contributed by atoms with van der Waals surface area (Å²) >= 11 is 0. The van der Waals surface area contributed by atoms with E-state index in [0.717, 1.165) is 41.4 Å². The molecule has 0 spiro atoms. The summed E-state index contributed by atoms with van der Waals surface area (Å²) in [7, 11) is -6.45. The fraction of sp³-hybridized carbons (Fsp3) is 0.464. The second kappa shape index (κ2) is 14.9. The average Bonchev–Trinajstić information content (AvgIpc) is 3.01. The van der Waals surface area contributed by atoms with E-state index in [1.165, 1.54) is 42.6 Å². The van der Waals surface area contributed by atoms with E-state index in [0.29, 0.717) is 25.7 Å². The lowest BCUT2D eigenvalue weighted by Crippen LogP contribution is -2.48. The molecule has 0 radical (unpaired) electrons. The number of benzene rings is 2. The van der Waals surface area contributed by atoms with Crippen molar-refractivity contribution >= 4 is 37.5 Å². The van der Waals surface area contributed by atoms with E-state index in [4.69, 9.17) is 5.21 Å². The summed E-state index contributed by atoms with van der Waals surface area (Å²) in [4.78, 5) is 24.0. The van der Waals surface area contributed by atoms with Gasteiger partial charge in [-0.25, -0.2) is 25.6 Å². The quantitative estimate of drug-likeness (QED) is 0.198. The molecule has 2 saturated heterocycles. The van der Waals surface area contributed by atoms with Crippen LogP contribution in [-0.2, 0) is 34.4 Å². The Morgan fingerprint density at radius 2 is 1.23 bits per heavy atom. The Morgan fingerprint density at radius 3 is 1.65 bits per heavy atom. The maximum atomic E-state index is 13.0. The fourth-order valence-corrected chi connectivity index (χ4v) is 8.29.